The van der Waals surface area contributed by atoms with Gasteiger partial charge >= 0.3 is 0 Å². The van der Waals surface area contributed by atoms with Gasteiger partial charge in [-0.25, -0.2) is 12.8 Å². The number of benzene rings is 2. The highest BCUT2D eigenvalue weighted by Gasteiger charge is 2.19. The molecular weight excluding hydrogens is 295 g/mol. The van der Waals surface area contributed by atoms with Gasteiger partial charge in [-0.3, -0.25) is 9.52 Å². The molecule has 21 heavy (non-hydrogen) atoms. The molecular formula is C14H13FN2O3S. The van der Waals surface area contributed by atoms with Crippen LogP contribution in [0.1, 0.15) is 5.56 Å². The number of primary amides is 1. The van der Waals surface area contributed by atoms with Crippen molar-refractivity contribution in [3.05, 3.63) is 59.9 Å². The molecule has 0 atom stereocenters. The monoisotopic (exact) mass is 308 g/mol. The largest absolute Gasteiger partial charge is 0.369 e. The third kappa shape index (κ3) is 3.57. The lowest BCUT2D eigenvalue weighted by molar-refractivity contribution is -0.117. The van der Waals surface area contributed by atoms with E-state index in [9.17, 15) is 17.6 Å². The first-order valence-electron chi connectivity index (χ1n) is 6.04. The van der Waals surface area contributed by atoms with Crippen molar-refractivity contribution in [2.45, 2.75) is 11.3 Å². The number of hydrogen-bond acceptors (Lipinski definition) is 3. The van der Waals surface area contributed by atoms with Crippen LogP contribution in [0.2, 0.25) is 0 Å². The number of nitrogens with one attached hydrogen (secondary N) is 1. The van der Waals surface area contributed by atoms with Gasteiger partial charge in [0.25, 0.3) is 10.0 Å². The van der Waals surface area contributed by atoms with E-state index in [0.29, 0.717) is 5.56 Å². The molecule has 7 heteroatoms. The smallest absolute Gasteiger partial charge is 0.264 e. The Morgan fingerprint density at radius 2 is 1.71 bits per heavy atom. The van der Waals surface area contributed by atoms with Gasteiger partial charge in [0.2, 0.25) is 5.91 Å². The van der Waals surface area contributed by atoms with Crippen LogP contribution in [0.4, 0.5) is 10.1 Å². The number of carbonyl (C=O) groups excluding carboxylic acids is 1. The van der Waals surface area contributed by atoms with Gasteiger partial charge in [0, 0.05) is 0 Å². The van der Waals surface area contributed by atoms with Crippen LogP contribution in [-0.4, -0.2) is 14.3 Å². The summed E-state index contributed by atoms with van der Waals surface area (Å²) in [5.41, 5.74) is 5.73. The van der Waals surface area contributed by atoms with Gasteiger partial charge in [0.1, 0.15) is 10.7 Å². The first kappa shape index (κ1) is 15.0. The third-order valence-corrected chi connectivity index (χ3v) is 4.15. The standard InChI is InChI=1S/C14H13FN2O3S/c15-11-6-2-4-8-13(11)21(19,20)17-12-7-3-1-5-10(12)9-14(16)18/h1-8,17H,9H2,(H2,16,18). The second-order valence-corrected chi connectivity index (χ2v) is 5.99. The van der Waals surface area contributed by atoms with E-state index in [4.69, 9.17) is 5.73 Å². The van der Waals surface area contributed by atoms with Gasteiger partial charge in [-0.15, -0.1) is 0 Å². The maximum absolute atomic E-state index is 13.6. The van der Waals surface area contributed by atoms with Crippen molar-refractivity contribution in [2.75, 3.05) is 4.72 Å². The van der Waals surface area contributed by atoms with Gasteiger partial charge < -0.3 is 5.73 Å². The summed E-state index contributed by atoms with van der Waals surface area (Å²) < 4.78 is 40.3. The van der Waals surface area contributed by atoms with Crippen LogP contribution in [-0.2, 0) is 21.2 Å². The van der Waals surface area contributed by atoms with Gasteiger partial charge in [0.05, 0.1) is 12.1 Å². The SMILES string of the molecule is NC(=O)Cc1ccccc1NS(=O)(=O)c1ccccc1F. The topological polar surface area (TPSA) is 89.3 Å². The summed E-state index contributed by atoms with van der Waals surface area (Å²) in [4.78, 5) is 10.5. The zero-order valence-electron chi connectivity index (χ0n) is 10.9. The normalized spacial score (nSPS) is 11.1. The molecule has 0 bridgehead atoms. The Labute approximate surface area is 121 Å². The molecule has 0 saturated heterocycles. The Balaban J connectivity index is 2.38. The zero-order valence-corrected chi connectivity index (χ0v) is 11.7. The average molecular weight is 308 g/mol. The Bertz CT molecular complexity index is 775. The Hall–Kier alpha value is -2.41. The molecule has 110 valence electrons. The number of halogens is 1. The van der Waals surface area contributed by atoms with Crippen molar-refractivity contribution >= 4 is 21.6 Å². The maximum Gasteiger partial charge on any atom is 0.264 e. The van der Waals surface area contributed by atoms with Crippen molar-refractivity contribution in [1.29, 1.82) is 0 Å². The molecule has 0 aliphatic rings. The number of rotatable bonds is 5. The maximum atomic E-state index is 13.6. The number of para-hydroxylation sites is 1. The number of anilines is 1. The lowest BCUT2D eigenvalue weighted by Crippen LogP contribution is -2.18. The molecule has 0 spiro atoms. The molecule has 3 N–H and O–H groups in total. The number of carbonyl (C=O) groups is 1. The lowest BCUT2D eigenvalue weighted by Gasteiger charge is -2.12. The minimum absolute atomic E-state index is 0.115. The molecule has 0 heterocycles. The summed E-state index contributed by atoms with van der Waals surface area (Å²) in [6, 6.07) is 11.4. The molecule has 0 aromatic heterocycles. The van der Waals surface area contributed by atoms with Crippen LogP contribution in [0.15, 0.2) is 53.4 Å². The van der Waals surface area contributed by atoms with E-state index < -0.39 is 26.6 Å². The summed E-state index contributed by atoms with van der Waals surface area (Å²) in [5, 5.41) is 0. The highest BCUT2D eigenvalue weighted by molar-refractivity contribution is 7.92. The van der Waals surface area contributed by atoms with Gasteiger partial charge in [-0.1, -0.05) is 30.3 Å². The van der Waals surface area contributed by atoms with Gasteiger partial charge in [-0.05, 0) is 23.8 Å². The molecule has 1 amide bonds. The molecule has 0 fully saturated rings. The molecule has 0 unspecified atom stereocenters. The molecule has 2 aromatic carbocycles. The highest BCUT2D eigenvalue weighted by atomic mass is 32.2. The number of amides is 1. The molecule has 2 aromatic rings. The number of hydrogen-bond donors (Lipinski definition) is 2. The van der Waals surface area contributed by atoms with Crippen molar-refractivity contribution in [1.82, 2.24) is 0 Å². The fourth-order valence-corrected chi connectivity index (χ4v) is 3.01. The minimum atomic E-state index is -4.08. The van der Waals surface area contributed by atoms with E-state index in [0.717, 1.165) is 12.1 Å². The lowest BCUT2D eigenvalue weighted by atomic mass is 10.1. The first-order chi connectivity index (χ1) is 9.90. The van der Waals surface area contributed by atoms with Crippen molar-refractivity contribution in [2.24, 2.45) is 5.73 Å². The van der Waals surface area contributed by atoms with E-state index >= 15 is 0 Å². The Morgan fingerprint density at radius 1 is 1.10 bits per heavy atom. The fourth-order valence-electron chi connectivity index (χ4n) is 1.82. The predicted molar refractivity (Wildman–Crippen MR) is 76.5 cm³/mol. The Kier molecular flexibility index (Phi) is 4.23. The summed E-state index contributed by atoms with van der Waals surface area (Å²) in [5.74, 6) is -1.44. The van der Waals surface area contributed by atoms with Gasteiger partial charge in [-0.2, -0.15) is 0 Å². The molecule has 5 nitrogen and oxygen atoms in total. The summed E-state index contributed by atoms with van der Waals surface area (Å²) in [6.07, 6.45) is -0.115. The van der Waals surface area contributed by atoms with Crippen LogP contribution >= 0.6 is 0 Å². The van der Waals surface area contributed by atoms with E-state index in [1.54, 1.807) is 18.2 Å². The second kappa shape index (κ2) is 5.92. The highest BCUT2D eigenvalue weighted by Crippen LogP contribution is 2.21. The van der Waals surface area contributed by atoms with Crippen molar-refractivity contribution < 1.29 is 17.6 Å². The van der Waals surface area contributed by atoms with Crippen LogP contribution in [0.5, 0.6) is 0 Å². The van der Waals surface area contributed by atoms with Gasteiger partial charge in [0.15, 0.2) is 0 Å². The van der Waals surface area contributed by atoms with Crippen LogP contribution in [0.25, 0.3) is 0 Å². The molecule has 0 aliphatic carbocycles. The van der Waals surface area contributed by atoms with E-state index in [2.05, 4.69) is 4.72 Å². The zero-order chi connectivity index (χ0) is 15.5. The predicted octanol–water partition coefficient (Wildman–Crippen LogP) is 1.65. The number of nitrogens with two attached hydrogens (primary N) is 1. The summed E-state index contributed by atoms with van der Waals surface area (Å²) in [7, 11) is -4.08. The second-order valence-electron chi connectivity index (χ2n) is 4.34. The van der Waals surface area contributed by atoms with Crippen LogP contribution in [0, 0.1) is 5.82 Å². The van der Waals surface area contributed by atoms with Crippen LogP contribution < -0.4 is 10.5 Å². The molecule has 0 radical (unpaired) electrons. The first-order valence-corrected chi connectivity index (χ1v) is 7.52. The van der Waals surface area contributed by atoms with E-state index in [1.807, 2.05) is 0 Å². The molecule has 0 saturated carbocycles. The summed E-state index contributed by atoms with van der Waals surface area (Å²) >= 11 is 0. The number of sulfonamides is 1. The summed E-state index contributed by atoms with van der Waals surface area (Å²) in [6.45, 7) is 0. The molecule has 0 aliphatic heterocycles. The van der Waals surface area contributed by atoms with Crippen molar-refractivity contribution in [3.63, 3.8) is 0 Å². The Morgan fingerprint density at radius 3 is 2.38 bits per heavy atom. The van der Waals surface area contributed by atoms with E-state index in [1.165, 1.54) is 18.2 Å². The third-order valence-electron chi connectivity index (χ3n) is 2.75. The fraction of sp³-hybridized carbons (Fsp3) is 0.0714. The minimum Gasteiger partial charge on any atom is -0.369 e. The quantitative estimate of drug-likeness (QED) is 0.880. The van der Waals surface area contributed by atoms with Crippen molar-refractivity contribution in [3.8, 4) is 0 Å². The van der Waals surface area contributed by atoms with E-state index in [-0.39, 0.29) is 12.1 Å². The average Bonchev–Trinajstić information content (AvgIpc) is 2.40. The molecule has 2 rings (SSSR count). The van der Waals surface area contributed by atoms with Crippen LogP contribution in [0.3, 0.4) is 0 Å².